The van der Waals surface area contributed by atoms with E-state index < -0.39 is 0 Å². The van der Waals surface area contributed by atoms with Gasteiger partial charge in [-0.05, 0) is 44.9 Å². The molecule has 1 aliphatic carbocycles. The molecule has 0 aromatic carbocycles. The summed E-state index contributed by atoms with van der Waals surface area (Å²) in [6.45, 7) is 4.00. The molecule has 2 rings (SSSR count). The Labute approximate surface area is 93.0 Å². The van der Waals surface area contributed by atoms with E-state index in [-0.39, 0.29) is 11.7 Å². The summed E-state index contributed by atoms with van der Waals surface area (Å²) in [7, 11) is 0. The number of aliphatic hydroxyl groups is 1. The zero-order chi connectivity index (χ0) is 10.9. The molecule has 0 bridgehead atoms. The van der Waals surface area contributed by atoms with Crippen molar-refractivity contribution in [3.05, 3.63) is 0 Å². The van der Waals surface area contributed by atoms with Gasteiger partial charge in [0.15, 0.2) is 0 Å². The van der Waals surface area contributed by atoms with Crippen molar-refractivity contribution in [1.29, 1.82) is 0 Å². The normalized spacial score (nSPS) is 33.4. The topological polar surface area (TPSA) is 29.5 Å². The van der Waals surface area contributed by atoms with Crippen molar-refractivity contribution in [2.75, 3.05) is 0 Å². The first-order valence-electron chi connectivity index (χ1n) is 6.47. The first kappa shape index (κ1) is 11.4. The first-order chi connectivity index (χ1) is 7.11. The highest BCUT2D eigenvalue weighted by atomic mass is 16.5. The molecule has 3 atom stereocenters. The van der Waals surface area contributed by atoms with Gasteiger partial charge in [0.05, 0.1) is 17.8 Å². The van der Waals surface area contributed by atoms with Gasteiger partial charge in [0.25, 0.3) is 0 Å². The molecule has 0 radical (unpaired) electrons. The summed E-state index contributed by atoms with van der Waals surface area (Å²) < 4.78 is 6.22. The molecule has 2 heteroatoms. The number of rotatable bonds is 3. The minimum absolute atomic E-state index is 0.200. The van der Waals surface area contributed by atoms with Crippen molar-refractivity contribution in [1.82, 2.24) is 0 Å². The SMILES string of the molecule is CC(O)C(C)CC1CCC2(CCCC2)O1. The third-order valence-corrected chi connectivity index (χ3v) is 4.31. The molecule has 0 aromatic heterocycles. The summed E-state index contributed by atoms with van der Waals surface area (Å²) in [5.74, 6) is 0.367. The van der Waals surface area contributed by atoms with Crippen LogP contribution >= 0.6 is 0 Å². The Morgan fingerprint density at radius 3 is 2.53 bits per heavy atom. The van der Waals surface area contributed by atoms with E-state index >= 15 is 0 Å². The summed E-state index contributed by atoms with van der Waals surface area (Å²) in [6, 6.07) is 0. The Hall–Kier alpha value is -0.0800. The predicted octanol–water partition coefficient (Wildman–Crippen LogP) is 2.89. The van der Waals surface area contributed by atoms with E-state index in [1.807, 2.05) is 6.92 Å². The van der Waals surface area contributed by atoms with Crippen molar-refractivity contribution in [2.24, 2.45) is 5.92 Å². The van der Waals surface area contributed by atoms with Gasteiger partial charge in [-0.15, -0.1) is 0 Å². The molecule has 15 heavy (non-hydrogen) atoms. The van der Waals surface area contributed by atoms with E-state index in [1.165, 1.54) is 38.5 Å². The van der Waals surface area contributed by atoms with E-state index in [2.05, 4.69) is 6.92 Å². The maximum atomic E-state index is 9.48. The number of aliphatic hydroxyl groups excluding tert-OH is 1. The summed E-state index contributed by atoms with van der Waals surface area (Å²) in [5, 5.41) is 9.48. The summed E-state index contributed by atoms with van der Waals surface area (Å²) in [4.78, 5) is 0. The van der Waals surface area contributed by atoms with Crippen LogP contribution in [-0.4, -0.2) is 22.9 Å². The molecule has 1 saturated heterocycles. The molecular weight excluding hydrogens is 188 g/mol. The zero-order valence-corrected chi connectivity index (χ0v) is 10.0. The molecule has 88 valence electrons. The Morgan fingerprint density at radius 1 is 1.27 bits per heavy atom. The second-order valence-corrected chi connectivity index (χ2v) is 5.62. The quantitative estimate of drug-likeness (QED) is 0.779. The molecule has 1 saturated carbocycles. The van der Waals surface area contributed by atoms with E-state index in [9.17, 15) is 5.11 Å². The van der Waals surface area contributed by atoms with Crippen LogP contribution in [0.1, 0.15) is 58.8 Å². The average molecular weight is 212 g/mol. The molecule has 1 aliphatic heterocycles. The standard InChI is InChI=1S/C13H24O2/c1-10(11(2)14)9-12-5-8-13(15-12)6-3-4-7-13/h10-12,14H,3-9H2,1-2H3. The second kappa shape index (κ2) is 4.42. The van der Waals surface area contributed by atoms with Crippen LogP contribution in [0.5, 0.6) is 0 Å². The molecule has 2 fully saturated rings. The lowest BCUT2D eigenvalue weighted by atomic mass is 9.95. The van der Waals surface area contributed by atoms with Crippen molar-refractivity contribution in [3.63, 3.8) is 0 Å². The van der Waals surface area contributed by atoms with Crippen molar-refractivity contribution in [2.45, 2.75) is 76.6 Å². The van der Waals surface area contributed by atoms with Crippen LogP contribution in [0.2, 0.25) is 0 Å². The Morgan fingerprint density at radius 2 is 1.93 bits per heavy atom. The predicted molar refractivity (Wildman–Crippen MR) is 60.8 cm³/mol. The third-order valence-electron chi connectivity index (χ3n) is 4.31. The number of hydrogen-bond donors (Lipinski definition) is 1. The highest BCUT2D eigenvalue weighted by Crippen LogP contribution is 2.44. The Kier molecular flexibility index (Phi) is 3.36. The van der Waals surface area contributed by atoms with E-state index in [0.29, 0.717) is 12.0 Å². The van der Waals surface area contributed by atoms with Gasteiger partial charge in [0, 0.05) is 0 Å². The smallest absolute Gasteiger partial charge is 0.0687 e. The van der Waals surface area contributed by atoms with Gasteiger partial charge in [-0.3, -0.25) is 0 Å². The first-order valence-corrected chi connectivity index (χ1v) is 6.47. The molecule has 1 N–H and O–H groups in total. The average Bonchev–Trinajstić information content (AvgIpc) is 2.78. The van der Waals surface area contributed by atoms with Gasteiger partial charge in [-0.1, -0.05) is 19.8 Å². The molecule has 2 aliphatic rings. The molecule has 1 heterocycles. The van der Waals surface area contributed by atoms with Crippen LogP contribution in [0.3, 0.4) is 0 Å². The van der Waals surface area contributed by atoms with Crippen LogP contribution in [0.4, 0.5) is 0 Å². The monoisotopic (exact) mass is 212 g/mol. The van der Waals surface area contributed by atoms with Crippen molar-refractivity contribution < 1.29 is 9.84 Å². The van der Waals surface area contributed by atoms with Crippen LogP contribution in [0, 0.1) is 5.92 Å². The third kappa shape index (κ3) is 2.54. The van der Waals surface area contributed by atoms with Crippen LogP contribution in [0.25, 0.3) is 0 Å². The molecule has 0 amide bonds. The highest BCUT2D eigenvalue weighted by molar-refractivity contribution is 4.93. The van der Waals surface area contributed by atoms with Gasteiger partial charge >= 0.3 is 0 Å². The maximum absolute atomic E-state index is 9.48. The molecule has 1 spiro atoms. The Bertz CT molecular complexity index is 207. The summed E-state index contributed by atoms with van der Waals surface area (Å²) in [6.07, 6.45) is 8.93. The summed E-state index contributed by atoms with van der Waals surface area (Å²) >= 11 is 0. The lowest BCUT2D eigenvalue weighted by Crippen LogP contribution is -2.26. The van der Waals surface area contributed by atoms with Gasteiger partial charge in [0.2, 0.25) is 0 Å². The lowest BCUT2D eigenvalue weighted by Gasteiger charge is -2.25. The fraction of sp³-hybridized carbons (Fsp3) is 1.00. The minimum Gasteiger partial charge on any atom is -0.393 e. The van der Waals surface area contributed by atoms with E-state index in [1.54, 1.807) is 0 Å². The fourth-order valence-corrected chi connectivity index (χ4v) is 3.06. The second-order valence-electron chi connectivity index (χ2n) is 5.62. The highest BCUT2D eigenvalue weighted by Gasteiger charge is 2.42. The largest absolute Gasteiger partial charge is 0.393 e. The van der Waals surface area contributed by atoms with Gasteiger partial charge in [-0.2, -0.15) is 0 Å². The van der Waals surface area contributed by atoms with Crippen molar-refractivity contribution >= 4 is 0 Å². The summed E-state index contributed by atoms with van der Waals surface area (Å²) in [5.41, 5.74) is 0.253. The molecule has 2 nitrogen and oxygen atoms in total. The van der Waals surface area contributed by atoms with Gasteiger partial charge in [-0.25, -0.2) is 0 Å². The zero-order valence-electron chi connectivity index (χ0n) is 10.0. The minimum atomic E-state index is -0.200. The molecular formula is C13H24O2. The van der Waals surface area contributed by atoms with Crippen LogP contribution < -0.4 is 0 Å². The number of ether oxygens (including phenoxy) is 1. The van der Waals surface area contributed by atoms with Gasteiger partial charge in [0.1, 0.15) is 0 Å². The van der Waals surface area contributed by atoms with E-state index in [4.69, 9.17) is 4.74 Å². The lowest BCUT2D eigenvalue weighted by molar-refractivity contribution is -0.0495. The molecule has 0 aromatic rings. The molecule has 3 unspecified atom stereocenters. The van der Waals surface area contributed by atoms with Crippen LogP contribution in [-0.2, 0) is 4.74 Å². The Balaban J connectivity index is 1.82. The van der Waals surface area contributed by atoms with Crippen molar-refractivity contribution in [3.8, 4) is 0 Å². The van der Waals surface area contributed by atoms with Gasteiger partial charge < -0.3 is 9.84 Å². The number of hydrogen-bond acceptors (Lipinski definition) is 2. The van der Waals surface area contributed by atoms with E-state index in [0.717, 1.165) is 6.42 Å². The van der Waals surface area contributed by atoms with Crippen LogP contribution in [0.15, 0.2) is 0 Å². The fourth-order valence-electron chi connectivity index (χ4n) is 3.06. The maximum Gasteiger partial charge on any atom is 0.0687 e.